The molecule has 0 aliphatic heterocycles. The van der Waals surface area contributed by atoms with Crippen LogP contribution in [0.3, 0.4) is 0 Å². The molecule has 2 aromatic carbocycles. The van der Waals surface area contributed by atoms with Crippen LogP contribution in [-0.2, 0) is 11.3 Å². The molecule has 2 rings (SSSR count). The van der Waals surface area contributed by atoms with E-state index in [4.69, 9.17) is 10.5 Å². The van der Waals surface area contributed by atoms with Gasteiger partial charge in [0, 0.05) is 23.8 Å². The second-order valence-electron chi connectivity index (χ2n) is 4.70. The number of amides is 1. The molecule has 4 nitrogen and oxygen atoms in total. The van der Waals surface area contributed by atoms with Crippen molar-refractivity contribution in [3.63, 3.8) is 0 Å². The number of carbonyl (C=O) groups is 1. The third kappa shape index (κ3) is 4.49. The van der Waals surface area contributed by atoms with E-state index in [1.165, 1.54) is 0 Å². The number of anilines is 1. The van der Waals surface area contributed by atoms with Crippen molar-refractivity contribution in [2.45, 2.75) is 6.54 Å². The molecule has 0 aliphatic rings. The summed E-state index contributed by atoms with van der Waals surface area (Å²) < 4.78 is 6.44. The lowest BCUT2D eigenvalue weighted by molar-refractivity contribution is -0.132. The fourth-order valence-electron chi connectivity index (χ4n) is 1.79. The van der Waals surface area contributed by atoms with E-state index in [1.807, 2.05) is 24.3 Å². The SMILES string of the molecule is CN(Cc1ccccc1Br)C(=O)COc1ccc(N)cc1. The molecule has 0 aromatic heterocycles. The van der Waals surface area contributed by atoms with Crippen LogP contribution in [0.25, 0.3) is 0 Å². The van der Waals surface area contributed by atoms with Crippen molar-refractivity contribution >= 4 is 27.5 Å². The van der Waals surface area contributed by atoms with Crippen LogP contribution in [0.1, 0.15) is 5.56 Å². The molecule has 2 aromatic rings. The summed E-state index contributed by atoms with van der Waals surface area (Å²) in [6, 6.07) is 14.8. The van der Waals surface area contributed by atoms with Crippen LogP contribution in [0.4, 0.5) is 5.69 Å². The summed E-state index contributed by atoms with van der Waals surface area (Å²) in [7, 11) is 1.76. The first kappa shape index (κ1) is 15.4. The Morgan fingerprint density at radius 1 is 1.19 bits per heavy atom. The predicted molar refractivity (Wildman–Crippen MR) is 87.0 cm³/mol. The summed E-state index contributed by atoms with van der Waals surface area (Å²) in [4.78, 5) is 13.7. The molecule has 0 spiro atoms. The molecule has 1 amide bonds. The summed E-state index contributed by atoms with van der Waals surface area (Å²) >= 11 is 3.48. The van der Waals surface area contributed by atoms with Crippen LogP contribution >= 0.6 is 15.9 Å². The van der Waals surface area contributed by atoms with E-state index in [2.05, 4.69) is 15.9 Å². The van der Waals surface area contributed by atoms with Gasteiger partial charge >= 0.3 is 0 Å². The van der Waals surface area contributed by atoms with Gasteiger partial charge in [-0.3, -0.25) is 4.79 Å². The van der Waals surface area contributed by atoms with Crippen molar-refractivity contribution in [2.24, 2.45) is 0 Å². The van der Waals surface area contributed by atoms with Crippen LogP contribution in [0.2, 0.25) is 0 Å². The van der Waals surface area contributed by atoms with Crippen LogP contribution in [0.15, 0.2) is 53.0 Å². The fraction of sp³-hybridized carbons (Fsp3) is 0.188. The van der Waals surface area contributed by atoms with Crippen molar-refractivity contribution in [1.29, 1.82) is 0 Å². The number of nitrogens with zero attached hydrogens (tertiary/aromatic N) is 1. The van der Waals surface area contributed by atoms with Gasteiger partial charge in [0.15, 0.2) is 6.61 Å². The number of ether oxygens (including phenoxy) is 1. The first-order valence-corrected chi connectivity index (χ1v) is 7.31. The number of carbonyl (C=O) groups excluding carboxylic acids is 1. The van der Waals surface area contributed by atoms with Crippen molar-refractivity contribution in [3.05, 3.63) is 58.6 Å². The molecule has 0 saturated heterocycles. The van der Waals surface area contributed by atoms with Gasteiger partial charge in [-0.1, -0.05) is 34.1 Å². The summed E-state index contributed by atoms with van der Waals surface area (Å²) in [5.41, 5.74) is 7.32. The standard InChI is InChI=1S/C16H17BrN2O2/c1-19(10-12-4-2-3-5-15(12)17)16(20)11-21-14-8-6-13(18)7-9-14/h2-9H,10-11,18H2,1H3. The minimum atomic E-state index is -0.0809. The molecule has 2 N–H and O–H groups in total. The van der Waals surface area contributed by atoms with Gasteiger partial charge in [0.1, 0.15) is 5.75 Å². The molecule has 0 unspecified atom stereocenters. The van der Waals surface area contributed by atoms with E-state index in [0.29, 0.717) is 18.0 Å². The molecule has 0 aliphatic carbocycles. The van der Waals surface area contributed by atoms with Crippen LogP contribution in [0.5, 0.6) is 5.75 Å². The van der Waals surface area contributed by atoms with E-state index in [0.717, 1.165) is 10.0 Å². The summed E-state index contributed by atoms with van der Waals surface area (Å²) in [5.74, 6) is 0.550. The third-order valence-corrected chi connectivity index (χ3v) is 3.81. The molecule has 0 radical (unpaired) electrons. The second-order valence-corrected chi connectivity index (χ2v) is 5.55. The highest BCUT2D eigenvalue weighted by molar-refractivity contribution is 9.10. The van der Waals surface area contributed by atoms with E-state index in [-0.39, 0.29) is 12.5 Å². The maximum Gasteiger partial charge on any atom is 0.260 e. The molecular weight excluding hydrogens is 332 g/mol. The van der Waals surface area contributed by atoms with E-state index in [1.54, 1.807) is 36.2 Å². The smallest absolute Gasteiger partial charge is 0.260 e. The molecule has 21 heavy (non-hydrogen) atoms. The van der Waals surface area contributed by atoms with Gasteiger partial charge in [-0.25, -0.2) is 0 Å². The Kier molecular flexibility index (Phi) is 5.22. The molecule has 5 heteroatoms. The highest BCUT2D eigenvalue weighted by Gasteiger charge is 2.11. The first-order chi connectivity index (χ1) is 10.1. The predicted octanol–water partition coefficient (Wildman–Crippen LogP) is 3.07. The van der Waals surface area contributed by atoms with Gasteiger partial charge < -0.3 is 15.4 Å². The van der Waals surface area contributed by atoms with Gasteiger partial charge in [0.05, 0.1) is 0 Å². The van der Waals surface area contributed by atoms with Crippen molar-refractivity contribution in [1.82, 2.24) is 4.90 Å². The largest absolute Gasteiger partial charge is 0.484 e. The Balaban J connectivity index is 1.88. The van der Waals surface area contributed by atoms with Gasteiger partial charge in [0.25, 0.3) is 5.91 Å². The lowest BCUT2D eigenvalue weighted by Crippen LogP contribution is -2.31. The Morgan fingerprint density at radius 2 is 1.86 bits per heavy atom. The zero-order chi connectivity index (χ0) is 15.2. The normalized spacial score (nSPS) is 10.2. The zero-order valence-corrected chi connectivity index (χ0v) is 13.3. The Bertz CT molecular complexity index is 614. The van der Waals surface area contributed by atoms with Crippen molar-refractivity contribution in [2.75, 3.05) is 19.4 Å². The monoisotopic (exact) mass is 348 g/mol. The minimum Gasteiger partial charge on any atom is -0.484 e. The Hall–Kier alpha value is -2.01. The number of likely N-dealkylation sites (N-methyl/N-ethyl adjacent to an activating group) is 1. The fourth-order valence-corrected chi connectivity index (χ4v) is 2.20. The topological polar surface area (TPSA) is 55.6 Å². The number of nitrogens with two attached hydrogens (primary N) is 1. The number of hydrogen-bond donors (Lipinski definition) is 1. The molecule has 0 bridgehead atoms. The van der Waals surface area contributed by atoms with E-state index in [9.17, 15) is 4.79 Å². The second kappa shape index (κ2) is 7.13. The molecule has 0 saturated carbocycles. The van der Waals surface area contributed by atoms with Crippen molar-refractivity contribution in [3.8, 4) is 5.75 Å². The number of nitrogen functional groups attached to an aromatic ring is 1. The minimum absolute atomic E-state index is 0.00483. The van der Waals surface area contributed by atoms with E-state index >= 15 is 0 Å². The van der Waals surface area contributed by atoms with E-state index < -0.39 is 0 Å². The molecule has 0 atom stereocenters. The number of benzene rings is 2. The van der Waals surface area contributed by atoms with Crippen LogP contribution in [-0.4, -0.2) is 24.5 Å². The number of hydrogen-bond acceptors (Lipinski definition) is 3. The summed E-state index contributed by atoms with van der Waals surface area (Å²) in [6.07, 6.45) is 0. The number of halogens is 1. The highest BCUT2D eigenvalue weighted by Crippen LogP contribution is 2.17. The highest BCUT2D eigenvalue weighted by atomic mass is 79.9. The molecule has 0 heterocycles. The lowest BCUT2D eigenvalue weighted by atomic mass is 10.2. The third-order valence-electron chi connectivity index (χ3n) is 3.03. The van der Waals surface area contributed by atoms with Gasteiger partial charge in [-0.05, 0) is 35.9 Å². The quantitative estimate of drug-likeness (QED) is 0.844. The first-order valence-electron chi connectivity index (χ1n) is 6.52. The summed E-state index contributed by atoms with van der Waals surface area (Å²) in [5, 5.41) is 0. The number of rotatable bonds is 5. The van der Waals surface area contributed by atoms with Gasteiger partial charge in [0.2, 0.25) is 0 Å². The van der Waals surface area contributed by atoms with Gasteiger partial charge in [-0.15, -0.1) is 0 Å². The lowest BCUT2D eigenvalue weighted by Gasteiger charge is -2.18. The Morgan fingerprint density at radius 3 is 2.52 bits per heavy atom. The zero-order valence-electron chi connectivity index (χ0n) is 11.8. The molecular formula is C16H17BrN2O2. The van der Waals surface area contributed by atoms with Crippen LogP contribution in [0, 0.1) is 0 Å². The molecule has 110 valence electrons. The molecule has 0 fully saturated rings. The van der Waals surface area contributed by atoms with Crippen molar-refractivity contribution < 1.29 is 9.53 Å². The maximum absolute atomic E-state index is 12.1. The average Bonchev–Trinajstić information content (AvgIpc) is 2.48. The van der Waals surface area contributed by atoms with Crippen LogP contribution < -0.4 is 10.5 Å². The van der Waals surface area contributed by atoms with Gasteiger partial charge in [-0.2, -0.15) is 0 Å². The average molecular weight is 349 g/mol. The summed E-state index contributed by atoms with van der Waals surface area (Å²) in [6.45, 7) is 0.538. The maximum atomic E-state index is 12.1. The Labute approximate surface area is 132 Å².